The van der Waals surface area contributed by atoms with E-state index in [-0.39, 0.29) is 27.7 Å². The number of imide groups is 1. The summed E-state index contributed by atoms with van der Waals surface area (Å²) in [5.74, 6) is -4.11. The van der Waals surface area contributed by atoms with E-state index in [1.54, 1.807) is 18.2 Å². The maximum absolute atomic E-state index is 13.7. The number of nitrogens with zero attached hydrogens (tertiary/aromatic N) is 1. The number of anilines is 1. The van der Waals surface area contributed by atoms with Crippen molar-refractivity contribution in [2.75, 3.05) is 11.9 Å². The van der Waals surface area contributed by atoms with Gasteiger partial charge in [0.1, 0.15) is 29.7 Å². The van der Waals surface area contributed by atoms with Gasteiger partial charge < -0.3 is 14.8 Å². The lowest BCUT2D eigenvalue weighted by Crippen LogP contribution is -2.36. The molecule has 4 rings (SSSR count). The number of benzene rings is 2. The monoisotopic (exact) mass is 484 g/mol. The average molecular weight is 484 g/mol. The van der Waals surface area contributed by atoms with Crippen molar-refractivity contribution in [1.29, 1.82) is 0 Å². The lowest BCUT2D eigenvalue weighted by molar-refractivity contribution is -0.127. The Kier molecular flexibility index (Phi) is 6.28. The van der Waals surface area contributed by atoms with Gasteiger partial charge in [-0.2, -0.15) is 0 Å². The molecular weight excluding hydrogens is 470 g/mol. The number of amides is 3. The van der Waals surface area contributed by atoms with Gasteiger partial charge in [-0.15, -0.1) is 0 Å². The Hall–Kier alpha value is -4.25. The number of hydrogen-bond donors (Lipinski definition) is 2. The summed E-state index contributed by atoms with van der Waals surface area (Å²) in [5, 5.41) is 10.8. The molecule has 2 heterocycles. The number of rotatable bonds is 6. The van der Waals surface area contributed by atoms with Crippen molar-refractivity contribution in [3.05, 3.63) is 82.5 Å². The van der Waals surface area contributed by atoms with Crippen LogP contribution < -0.4 is 5.32 Å². The van der Waals surface area contributed by atoms with E-state index in [9.17, 15) is 33.1 Å². The first kappa shape index (κ1) is 22.9. The summed E-state index contributed by atoms with van der Waals surface area (Å²) in [4.78, 5) is 49.2. The maximum atomic E-state index is 13.7. The number of halogens is 2. The van der Waals surface area contributed by atoms with Crippen LogP contribution >= 0.6 is 11.8 Å². The Labute approximate surface area is 194 Å². The molecule has 1 aliphatic heterocycles. The fourth-order valence-corrected chi connectivity index (χ4v) is 3.97. The van der Waals surface area contributed by atoms with Crippen LogP contribution in [0, 0.1) is 11.6 Å². The summed E-state index contributed by atoms with van der Waals surface area (Å²) in [6.45, 7) is -0.672. The molecule has 2 N–H and O–H groups in total. The number of carbonyl (C=O) groups is 4. The van der Waals surface area contributed by atoms with Gasteiger partial charge in [0.15, 0.2) is 0 Å². The van der Waals surface area contributed by atoms with Crippen LogP contribution in [-0.2, 0) is 9.59 Å². The molecule has 1 saturated heterocycles. The van der Waals surface area contributed by atoms with Gasteiger partial charge in [0.05, 0.1) is 16.2 Å². The predicted molar refractivity (Wildman–Crippen MR) is 119 cm³/mol. The van der Waals surface area contributed by atoms with Gasteiger partial charge in [0, 0.05) is 17.7 Å². The molecule has 2 aromatic carbocycles. The highest BCUT2D eigenvalue weighted by atomic mass is 32.2. The second-order valence-electron chi connectivity index (χ2n) is 6.99. The summed E-state index contributed by atoms with van der Waals surface area (Å²) in [6.07, 6.45) is 1.30. The van der Waals surface area contributed by atoms with Crippen molar-refractivity contribution in [2.24, 2.45) is 0 Å². The van der Waals surface area contributed by atoms with Gasteiger partial charge in [0.25, 0.3) is 11.1 Å². The number of carboxylic acid groups (broad SMARTS) is 1. The molecule has 0 spiro atoms. The van der Waals surface area contributed by atoms with Crippen LogP contribution in [0.15, 0.2) is 63.9 Å². The number of hydrogen-bond acceptors (Lipinski definition) is 6. The largest absolute Gasteiger partial charge is 0.478 e. The van der Waals surface area contributed by atoms with E-state index in [4.69, 9.17) is 4.42 Å². The second kappa shape index (κ2) is 9.32. The zero-order valence-electron chi connectivity index (χ0n) is 17.1. The van der Waals surface area contributed by atoms with E-state index in [1.165, 1.54) is 24.3 Å². The van der Waals surface area contributed by atoms with Crippen molar-refractivity contribution in [3.63, 3.8) is 0 Å². The SMILES string of the molecule is O=C(CN1C(=O)SC(=Cc2ccc(-c3ccccc3C(=O)O)o2)C1=O)Nc1ccc(F)cc1F. The first-order valence-corrected chi connectivity index (χ1v) is 10.5. The highest BCUT2D eigenvalue weighted by molar-refractivity contribution is 8.18. The van der Waals surface area contributed by atoms with Crippen molar-refractivity contribution >= 4 is 46.5 Å². The average Bonchev–Trinajstić information content (AvgIpc) is 3.36. The van der Waals surface area contributed by atoms with E-state index in [0.29, 0.717) is 28.3 Å². The van der Waals surface area contributed by atoms with Gasteiger partial charge in [-0.3, -0.25) is 19.3 Å². The van der Waals surface area contributed by atoms with Gasteiger partial charge in [-0.25, -0.2) is 13.6 Å². The normalized spacial score (nSPS) is 14.6. The number of furan rings is 1. The summed E-state index contributed by atoms with van der Waals surface area (Å²) >= 11 is 0.584. The zero-order chi connectivity index (χ0) is 24.4. The molecule has 172 valence electrons. The molecule has 1 aliphatic rings. The quantitative estimate of drug-likeness (QED) is 0.491. The molecule has 0 radical (unpaired) electrons. The molecule has 0 saturated carbocycles. The minimum atomic E-state index is -1.13. The summed E-state index contributed by atoms with van der Waals surface area (Å²) < 4.78 is 32.4. The Bertz CT molecular complexity index is 1370. The highest BCUT2D eigenvalue weighted by Crippen LogP contribution is 2.34. The Morgan fingerprint density at radius 1 is 1.09 bits per heavy atom. The van der Waals surface area contributed by atoms with E-state index in [1.807, 2.05) is 0 Å². The number of carboxylic acids is 1. The minimum absolute atomic E-state index is 0.0156. The lowest BCUT2D eigenvalue weighted by Gasteiger charge is -2.12. The van der Waals surface area contributed by atoms with E-state index in [2.05, 4.69) is 5.32 Å². The van der Waals surface area contributed by atoms with Crippen LogP contribution in [0.1, 0.15) is 16.1 Å². The van der Waals surface area contributed by atoms with E-state index in [0.717, 1.165) is 12.1 Å². The van der Waals surface area contributed by atoms with Crippen LogP contribution in [0.25, 0.3) is 17.4 Å². The predicted octanol–water partition coefficient (Wildman–Crippen LogP) is 4.60. The van der Waals surface area contributed by atoms with Crippen LogP contribution in [0.5, 0.6) is 0 Å². The molecule has 0 bridgehead atoms. The maximum Gasteiger partial charge on any atom is 0.336 e. The van der Waals surface area contributed by atoms with Crippen LogP contribution in [0.3, 0.4) is 0 Å². The molecule has 1 aromatic heterocycles. The smallest absolute Gasteiger partial charge is 0.336 e. The molecular formula is C23H14F2N2O6S. The topological polar surface area (TPSA) is 117 Å². The summed E-state index contributed by atoms with van der Waals surface area (Å²) in [6, 6.07) is 11.8. The van der Waals surface area contributed by atoms with Crippen LogP contribution in [-0.4, -0.2) is 39.6 Å². The van der Waals surface area contributed by atoms with Gasteiger partial charge in [-0.1, -0.05) is 18.2 Å². The molecule has 34 heavy (non-hydrogen) atoms. The molecule has 8 nitrogen and oxygen atoms in total. The summed E-state index contributed by atoms with van der Waals surface area (Å²) in [7, 11) is 0. The second-order valence-corrected chi connectivity index (χ2v) is 7.99. The number of thioether (sulfide) groups is 1. The third-order valence-corrected chi connectivity index (χ3v) is 5.61. The molecule has 0 atom stereocenters. The van der Waals surface area contributed by atoms with Crippen molar-refractivity contribution in [2.45, 2.75) is 0 Å². The lowest BCUT2D eigenvalue weighted by atomic mass is 10.1. The molecule has 0 aliphatic carbocycles. The first-order chi connectivity index (χ1) is 16.2. The molecule has 11 heteroatoms. The van der Waals surface area contributed by atoms with E-state index >= 15 is 0 Å². The first-order valence-electron chi connectivity index (χ1n) is 9.65. The van der Waals surface area contributed by atoms with E-state index < -0.39 is 41.2 Å². The molecule has 0 unspecified atom stereocenters. The molecule has 3 amide bonds. The highest BCUT2D eigenvalue weighted by Gasteiger charge is 2.36. The Morgan fingerprint density at radius 3 is 2.59 bits per heavy atom. The van der Waals surface area contributed by atoms with Crippen molar-refractivity contribution < 1.29 is 37.5 Å². The van der Waals surface area contributed by atoms with Gasteiger partial charge >= 0.3 is 5.97 Å². The standard InChI is InChI=1S/C23H14F2N2O6S/c24-12-5-7-17(16(25)9-12)26-20(28)11-27-21(29)19(34-23(27)32)10-13-6-8-18(33-13)14-3-1-2-4-15(14)22(30)31/h1-10H,11H2,(H,26,28)(H,30,31). The summed E-state index contributed by atoms with van der Waals surface area (Å²) in [5.41, 5.74) is 0.0819. The fourth-order valence-electron chi connectivity index (χ4n) is 3.15. The Balaban J connectivity index is 1.48. The third kappa shape index (κ3) is 4.74. The third-order valence-electron chi connectivity index (χ3n) is 4.70. The van der Waals surface area contributed by atoms with Gasteiger partial charge in [0.2, 0.25) is 5.91 Å². The number of carbonyl (C=O) groups excluding carboxylic acids is 3. The van der Waals surface area contributed by atoms with Crippen molar-refractivity contribution in [1.82, 2.24) is 4.90 Å². The Morgan fingerprint density at radius 2 is 1.85 bits per heavy atom. The molecule has 3 aromatic rings. The van der Waals surface area contributed by atoms with Crippen LogP contribution in [0.2, 0.25) is 0 Å². The number of nitrogens with one attached hydrogen (secondary N) is 1. The van der Waals surface area contributed by atoms with Gasteiger partial charge in [-0.05, 0) is 42.1 Å². The fraction of sp³-hybridized carbons (Fsp3) is 0.0435. The van der Waals surface area contributed by atoms with Crippen LogP contribution in [0.4, 0.5) is 19.3 Å². The van der Waals surface area contributed by atoms with Crippen molar-refractivity contribution in [3.8, 4) is 11.3 Å². The zero-order valence-corrected chi connectivity index (χ0v) is 17.9. The number of aromatic carboxylic acids is 1. The minimum Gasteiger partial charge on any atom is -0.478 e. The molecule has 1 fully saturated rings.